The Kier molecular flexibility index (Phi) is 4.15. The molecule has 0 fully saturated rings. The van der Waals surface area contributed by atoms with Crippen molar-refractivity contribution in [2.24, 2.45) is 0 Å². The SMILES string of the molecule is COc1ccc(C(=O)Nc2cccc(Cl)c2C)cc1N. The third-order valence-corrected chi connectivity index (χ3v) is 3.42. The van der Waals surface area contributed by atoms with Crippen LogP contribution < -0.4 is 15.8 Å². The molecule has 0 aliphatic heterocycles. The molecule has 0 saturated carbocycles. The van der Waals surface area contributed by atoms with Crippen molar-refractivity contribution in [3.05, 3.63) is 52.5 Å². The zero-order valence-corrected chi connectivity index (χ0v) is 12.0. The van der Waals surface area contributed by atoms with Gasteiger partial charge in [-0.25, -0.2) is 0 Å². The van der Waals surface area contributed by atoms with E-state index in [9.17, 15) is 4.79 Å². The van der Waals surface area contributed by atoms with Crippen molar-refractivity contribution < 1.29 is 9.53 Å². The molecule has 0 bridgehead atoms. The highest BCUT2D eigenvalue weighted by Gasteiger charge is 2.11. The Balaban J connectivity index is 2.24. The highest BCUT2D eigenvalue weighted by molar-refractivity contribution is 6.31. The molecule has 2 aromatic carbocycles. The number of benzene rings is 2. The van der Waals surface area contributed by atoms with E-state index in [-0.39, 0.29) is 5.91 Å². The predicted molar refractivity (Wildman–Crippen MR) is 81.5 cm³/mol. The van der Waals surface area contributed by atoms with Gasteiger partial charge in [-0.15, -0.1) is 0 Å². The molecule has 20 heavy (non-hydrogen) atoms. The molecule has 0 unspecified atom stereocenters. The van der Waals surface area contributed by atoms with Crippen LogP contribution in [0.15, 0.2) is 36.4 Å². The second-order valence-corrected chi connectivity index (χ2v) is 4.73. The Bertz CT molecular complexity index is 656. The van der Waals surface area contributed by atoms with Crippen molar-refractivity contribution in [3.63, 3.8) is 0 Å². The number of carbonyl (C=O) groups is 1. The summed E-state index contributed by atoms with van der Waals surface area (Å²) in [5.41, 5.74) is 8.17. The summed E-state index contributed by atoms with van der Waals surface area (Å²) in [4.78, 5) is 12.2. The van der Waals surface area contributed by atoms with Crippen molar-refractivity contribution in [1.29, 1.82) is 0 Å². The zero-order chi connectivity index (χ0) is 14.7. The molecule has 0 saturated heterocycles. The molecular weight excluding hydrogens is 276 g/mol. The lowest BCUT2D eigenvalue weighted by atomic mass is 10.1. The van der Waals surface area contributed by atoms with E-state index in [1.807, 2.05) is 6.92 Å². The molecule has 3 N–H and O–H groups in total. The third-order valence-electron chi connectivity index (χ3n) is 3.01. The van der Waals surface area contributed by atoms with E-state index in [0.29, 0.717) is 27.7 Å². The maximum atomic E-state index is 12.2. The van der Waals surface area contributed by atoms with Gasteiger partial charge in [0, 0.05) is 16.3 Å². The minimum atomic E-state index is -0.246. The van der Waals surface area contributed by atoms with Crippen LogP contribution in [0.4, 0.5) is 11.4 Å². The first kappa shape index (κ1) is 14.2. The maximum absolute atomic E-state index is 12.2. The number of amides is 1. The maximum Gasteiger partial charge on any atom is 0.255 e. The average molecular weight is 291 g/mol. The van der Waals surface area contributed by atoms with Crippen LogP contribution in [0.5, 0.6) is 5.75 Å². The standard InChI is InChI=1S/C15H15ClN2O2/c1-9-11(16)4-3-5-13(9)18-15(19)10-6-7-14(20-2)12(17)8-10/h3-8H,17H2,1-2H3,(H,18,19). The zero-order valence-electron chi connectivity index (χ0n) is 11.2. The van der Waals surface area contributed by atoms with Gasteiger partial charge in [-0.1, -0.05) is 17.7 Å². The molecule has 104 valence electrons. The summed E-state index contributed by atoms with van der Waals surface area (Å²) in [6.07, 6.45) is 0. The lowest BCUT2D eigenvalue weighted by molar-refractivity contribution is 0.102. The fourth-order valence-corrected chi connectivity index (χ4v) is 1.99. The second kappa shape index (κ2) is 5.84. The van der Waals surface area contributed by atoms with E-state index in [4.69, 9.17) is 22.1 Å². The van der Waals surface area contributed by atoms with E-state index in [1.54, 1.807) is 36.4 Å². The molecule has 0 heterocycles. The summed E-state index contributed by atoms with van der Waals surface area (Å²) in [7, 11) is 1.53. The van der Waals surface area contributed by atoms with Gasteiger partial charge < -0.3 is 15.8 Å². The summed E-state index contributed by atoms with van der Waals surface area (Å²) < 4.78 is 5.06. The monoisotopic (exact) mass is 290 g/mol. The van der Waals surface area contributed by atoms with Gasteiger partial charge in [-0.05, 0) is 42.8 Å². The first-order chi connectivity index (χ1) is 9.52. The van der Waals surface area contributed by atoms with Crippen LogP contribution in [0, 0.1) is 6.92 Å². The molecule has 4 nitrogen and oxygen atoms in total. The Morgan fingerprint density at radius 1 is 1.30 bits per heavy atom. The second-order valence-electron chi connectivity index (χ2n) is 4.32. The number of hydrogen-bond donors (Lipinski definition) is 2. The fraction of sp³-hybridized carbons (Fsp3) is 0.133. The number of nitrogens with one attached hydrogen (secondary N) is 1. The summed E-state index contributed by atoms with van der Waals surface area (Å²) >= 11 is 6.02. The number of nitrogen functional groups attached to an aromatic ring is 1. The summed E-state index contributed by atoms with van der Waals surface area (Å²) in [6.45, 7) is 1.85. The van der Waals surface area contributed by atoms with Gasteiger partial charge in [0.2, 0.25) is 0 Å². The molecule has 0 aliphatic rings. The van der Waals surface area contributed by atoms with Gasteiger partial charge in [-0.3, -0.25) is 4.79 Å². The van der Waals surface area contributed by atoms with Gasteiger partial charge in [0.1, 0.15) is 5.75 Å². The Labute approximate surface area is 122 Å². The number of hydrogen-bond acceptors (Lipinski definition) is 3. The first-order valence-electron chi connectivity index (χ1n) is 6.03. The molecule has 1 amide bonds. The van der Waals surface area contributed by atoms with E-state index in [2.05, 4.69) is 5.32 Å². The Hall–Kier alpha value is -2.20. The average Bonchev–Trinajstić information content (AvgIpc) is 2.43. The normalized spacial score (nSPS) is 10.2. The quantitative estimate of drug-likeness (QED) is 0.851. The highest BCUT2D eigenvalue weighted by atomic mass is 35.5. The summed E-state index contributed by atoms with van der Waals surface area (Å²) in [5.74, 6) is 0.296. The number of ether oxygens (including phenoxy) is 1. The van der Waals surface area contributed by atoms with Crippen LogP contribution in [0.1, 0.15) is 15.9 Å². The molecule has 0 aromatic heterocycles. The minimum absolute atomic E-state index is 0.246. The number of halogens is 1. The van der Waals surface area contributed by atoms with Crippen molar-refractivity contribution in [3.8, 4) is 5.75 Å². The van der Waals surface area contributed by atoms with Crippen molar-refractivity contribution in [2.75, 3.05) is 18.2 Å². The molecule has 2 rings (SSSR count). The molecule has 0 radical (unpaired) electrons. The molecule has 0 atom stereocenters. The van der Waals surface area contributed by atoms with Crippen molar-refractivity contribution in [2.45, 2.75) is 6.92 Å². The molecule has 2 aromatic rings. The van der Waals surface area contributed by atoms with Crippen LogP contribution in [-0.2, 0) is 0 Å². The lowest BCUT2D eigenvalue weighted by Gasteiger charge is -2.11. The molecule has 5 heteroatoms. The van der Waals surface area contributed by atoms with E-state index >= 15 is 0 Å². The number of anilines is 2. The molecular formula is C15H15ClN2O2. The van der Waals surface area contributed by atoms with Crippen LogP contribution in [0.25, 0.3) is 0 Å². The Morgan fingerprint density at radius 2 is 2.05 bits per heavy atom. The minimum Gasteiger partial charge on any atom is -0.495 e. The highest BCUT2D eigenvalue weighted by Crippen LogP contribution is 2.25. The van der Waals surface area contributed by atoms with Crippen LogP contribution >= 0.6 is 11.6 Å². The number of methoxy groups -OCH3 is 1. The van der Waals surface area contributed by atoms with Gasteiger partial charge in [0.25, 0.3) is 5.91 Å². The van der Waals surface area contributed by atoms with Crippen LogP contribution in [-0.4, -0.2) is 13.0 Å². The number of carbonyl (C=O) groups excluding carboxylic acids is 1. The first-order valence-corrected chi connectivity index (χ1v) is 6.40. The molecule has 0 spiro atoms. The van der Waals surface area contributed by atoms with Gasteiger partial charge in [0.15, 0.2) is 0 Å². The van der Waals surface area contributed by atoms with E-state index < -0.39 is 0 Å². The van der Waals surface area contributed by atoms with Crippen molar-refractivity contribution >= 4 is 28.9 Å². The number of rotatable bonds is 3. The number of nitrogens with two attached hydrogens (primary N) is 1. The van der Waals surface area contributed by atoms with Crippen molar-refractivity contribution in [1.82, 2.24) is 0 Å². The van der Waals surface area contributed by atoms with E-state index in [1.165, 1.54) is 7.11 Å². The predicted octanol–water partition coefficient (Wildman–Crippen LogP) is 3.49. The van der Waals surface area contributed by atoms with Gasteiger partial charge >= 0.3 is 0 Å². The Morgan fingerprint density at radius 3 is 2.70 bits per heavy atom. The summed E-state index contributed by atoms with van der Waals surface area (Å²) in [6, 6.07) is 10.3. The third kappa shape index (κ3) is 2.86. The fourth-order valence-electron chi connectivity index (χ4n) is 1.81. The van der Waals surface area contributed by atoms with E-state index in [0.717, 1.165) is 5.56 Å². The van der Waals surface area contributed by atoms with Gasteiger partial charge in [-0.2, -0.15) is 0 Å². The summed E-state index contributed by atoms with van der Waals surface area (Å²) in [5, 5.41) is 3.42. The van der Waals surface area contributed by atoms with Crippen LogP contribution in [0.2, 0.25) is 5.02 Å². The van der Waals surface area contributed by atoms with Gasteiger partial charge in [0.05, 0.1) is 12.8 Å². The topological polar surface area (TPSA) is 64.3 Å². The largest absolute Gasteiger partial charge is 0.495 e. The molecule has 0 aliphatic carbocycles. The smallest absolute Gasteiger partial charge is 0.255 e. The lowest BCUT2D eigenvalue weighted by Crippen LogP contribution is -2.13. The van der Waals surface area contributed by atoms with Crippen LogP contribution in [0.3, 0.4) is 0 Å².